The van der Waals surface area contributed by atoms with E-state index >= 15 is 0 Å². The zero-order chi connectivity index (χ0) is 12.7. The van der Waals surface area contributed by atoms with Crippen LogP contribution in [0.15, 0.2) is 24.5 Å². The van der Waals surface area contributed by atoms with E-state index in [1.807, 2.05) is 19.1 Å². The number of nitrogens with one attached hydrogen (secondary N) is 1. The van der Waals surface area contributed by atoms with Crippen molar-refractivity contribution < 1.29 is 8.42 Å². The molecule has 17 heavy (non-hydrogen) atoms. The Bertz CT molecular complexity index is 420. The fourth-order valence-corrected chi connectivity index (χ4v) is 2.83. The third-order valence-electron chi connectivity index (χ3n) is 2.39. The zero-order valence-electron chi connectivity index (χ0n) is 9.96. The molecule has 0 radical (unpaired) electrons. The lowest BCUT2D eigenvalue weighted by Crippen LogP contribution is -2.36. The minimum absolute atomic E-state index is 0.0892. The topological polar surface area (TPSA) is 85.1 Å². The minimum Gasteiger partial charge on any atom is -0.330 e. The molecule has 0 bridgehead atoms. The molecule has 3 N–H and O–H groups in total. The average Bonchev–Trinajstić information content (AvgIpc) is 2.27. The fraction of sp³-hybridized carbons (Fsp3) is 0.545. The van der Waals surface area contributed by atoms with E-state index in [2.05, 4.69) is 9.71 Å². The average molecular weight is 257 g/mol. The summed E-state index contributed by atoms with van der Waals surface area (Å²) < 4.78 is 26.0. The highest BCUT2D eigenvalue weighted by molar-refractivity contribution is 7.89. The molecule has 0 saturated heterocycles. The van der Waals surface area contributed by atoms with Gasteiger partial charge in [-0.25, -0.2) is 13.1 Å². The first-order valence-corrected chi connectivity index (χ1v) is 7.27. The van der Waals surface area contributed by atoms with Gasteiger partial charge in [-0.3, -0.25) is 4.98 Å². The number of aromatic nitrogens is 1. The quantitative estimate of drug-likeness (QED) is 0.735. The Morgan fingerprint density at radius 2 is 2.06 bits per heavy atom. The molecule has 1 rings (SSSR count). The predicted molar refractivity (Wildman–Crippen MR) is 68.0 cm³/mol. The van der Waals surface area contributed by atoms with Crippen molar-refractivity contribution in [3.8, 4) is 0 Å². The van der Waals surface area contributed by atoms with Crippen molar-refractivity contribution in [3.05, 3.63) is 30.1 Å². The highest BCUT2D eigenvalue weighted by atomic mass is 32.2. The Kier molecular flexibility index (Phi) is 5.54. The van der Waals surface area contributed by atoms with E-state index in [1.54, 1.807) is 12.4 Å². The minimum atomic E-state index is -3.23. The van der Waals surface area contributed by atoms with E-state index in [0.717, 1.165) is 5.56 Å². The molecule has 5 nitrogen and oxygen atoms in total. The number of aryl methyl sites for hydroxylation is 1. The second kappa shape index (κ2) is 6.68. The molecule has 0 saturated carbocycles. The summed E-state index contributed by atoms with van der Waals surface area (Å²) in [7, 11) is -3.23. The van der Waals surface area contributed by atoms with Crippen LogP contribution >= 0.6 is 0 Å². The summed E-state index contributed by atoms with van der Waals surface area (Å²) in [5, 5.41) is 0. The maximum Gasteiger partial charge on any atom is 0.212 e. The predicted octanol–water partition coefficient (Wildman–Crippen LogP) is 0.281. The molecular formula is C11H19N3O2S. The summed E-state index contributed by atoms with van der Waals surface area (Å²) in [6, 6.07) is 3.53. The summed E-state index contributed by atoms with van der Waals surface area (Å²) in [6.45, 7) is 2.30. The zero-order valence-corrected chi connectivity index (χ0v) is 10.8. The van der Waals surface area contributed by atoms with Crippen LogP contribution in [-0.2, 0) is 16.4 Å². The van der Waals surface area contributed by atoms with Crippen LogP contribution in [0.25, 0.3) is 0 Å². The Balaban J connectivity index is 2.45. The molecule has 1 atom stereocenters. The van der Waals surface area contributed by atoms with Crippen LogP contribution in [0.2, 0.25) is 0 Å². The third kappa shape index (κ3) is 5.76. The molecule has 0 aliphatic rings. The number of nitrogens with zero attached hydrogens (tertiary/aromatic N) is 1. The van der Waals surface area contributed by atoms with Gasteiger partial charge in [0.25, 0.3) is 0 Å². The summed E-state index contributed by atoms with van der Waals surface area (Å²) >= 11 is 0. The van der Waals surface area contributed by atoms with Gasteiger partial charge in [0.05, 0.1) is 5.75 Å². The molecule has 96 valence electrons. The van der Waals surface area contributed by atoms with Crippen molar-refractivity contribution in [2.75, 3.05) is 12.3 Å². The monoisotopic (exact) mass is 257 g/mol. The van der Waals surface area contributed by atoms with Crippen molar-refractivity contribution in [1.82, 2.24) is 9.71 Å². The number of hydrogen-bond acceptors (Lipinski definition) is 4. The first kappa shape index (κ1) is 14.1. The van der Waals surface area contributed by atoms with Crippen molar-refractivity contribution in [3.63, 3.8) is 0 Å². The molecule has 0 aliphatic carbocycles. The van der Waals surface area contributed by atoms with Gasteiger partial charge in [-0.05, 0) is 44.0 Å². The van der Waals surface area contributed by atoms with Gasteiger partial charge >= 0.3 is 0 Å². The number of pyridine rings is 1. The van der Waals surface area contributed by atoms with Gasteiger partial charge in [-0.2, -0.15) is 0 Å². The molecule has 0 aliphatic heterocycles. The maximum absolute atomic E-state index is 11.7. The van der Waals surface area contributed by atoms with Gasteiger partial charge in [-0.15, -0.1) is 0 Å². The van der Waals surface area contributed by atoms with Crippen LogP contribution < -0.4 is 10.5 Å². The normalized spacial score (nSPS) is 13.5. The standard InChI is InChI=1S/C11H19N3O2S/c1-10(2-6-12)14-17(15,16)9-5-11-3-7-13-8-4-11/h3-4,7-8,10,14H,2,5-6,9,12H2,1H3. The van der Waals surface area contributed by atoms with E-state index < -0.39 is 10.0 Å². The van der Waals surface area contributed by atoms with E-state index in [4.69, 9.17) is 5.73 Å². The summed E-state index contributed by atoms with van der Waals surface area (Å²) in [6.07, 6.45) is 4.46. The van der Waals surface area contributed by atoms with E-state index in [-0.39, 0.29) is 11.8 Å². The van der Waals surface area contributed by atoms with Gasteiger partial charge in [0.2, 0.25) is 10.0 Å². The molecule has 0 spiro atoms. The van der Waals surface area contributed by atoms with Crippen LogP contribution in [-0.4, -0.2) is 31.7 Å². The smallest absolute Gasteiger partial charge is 0.212 e. The van der Waals surface area contributed by atoms with Crippen LogP contribution in [0, 0.1) is 0 Å². The molecule has 1 aromatic rings. The van der Waals surface area contributed by atoms with Gasteiger partial charge in [0, 0.05) is 18.4 Å². The Hall–Kier alpha value is -0.980. The van der Waals surface area contributed by atoms with Gasteiger partial charge in [0.15, 0.2) is 0 Å². The summed E-state index contributed by atoms with van der Waals surface area (Å²) in [4.78, 5) is 3.88. The van der Waals surface area contributed by atoms with Crippen molar-refractivity contribution in [2.45, 2.75) is 25.8 Å². The van der Waals surface area contributed by atoms with Crippen LogP contribution in [0.4, 0.5) is 0 Å². The summed E-state index contributed by atoms with van der Waals surface area (Å²) in [5.41, 5.74) is 6.34. The number of rotatable bonds is 7. The second-order valence-corrected chi connectivity index (χ2v) is 5.89. The van der Waals surface area contributed by atoms with E-state index in [0.29, 0.717) is 19.4 Å². The maximum atomic E-state index is 11.7. The van der Waals surface area contributed by atoms with Crippen LogP contribution in [0.1, 0.15) is 18.9 Å². The second-order valence-electron chi connectivity index (χ2n) is 4.02. The van der Waals surface area contributed by atoms with Gasteiger partial charge in [-0.1, -0.05) is 0 Å². The molecule has 0 amide bonds. The fourth-order valence-electron chi connectivity index (χ4n) is 1.48. The highest BCUT2D eigenvalue weighted by Gasteiger charge is 2.13. The molecule has 1 unspecified atom stereocenters. The first-order chi connectivity index (χ1) is 8.03. The molecule has 1 heterocycles. The van der Waals surface area contributed by atoms with Crippen LogP contribution in [0.5, 0.6) is 0 Å². The number of nitrogens with two attached hydrogens (primary N) is 1. The SMILES string of the molecule is CC(CCN)NS(=O)(=O)CCc1ccncc1. The molecule has 0 fully saturated rings. The number of hydrogen-bond donors (Lipinski definition) is 2. The Labute approximate surface area is 102 Å². The molecule has 6 heteroatoms. The van der Waals surface area contributed by atoms with E-state index in [9.17, 15) is 8.42 Å². The summed E-state index contributed by atoms with van der Waals surface area (Å²) in [5.74, 6) is 0.0892. The van der Waals surface area contributed by atoms with Gasteiger partial charge < -0.3 is 5.73 Å². The Morgan fingerprint density at radius 3 is 2.65 bits per heavy atom. The molecule has 1 aromatic heterocycles. The third-order valence-corrected chi connectivity index (χ3v) is 3.89. The lowest BCUT2D eigenvalue weighted by molar-refractivity contribution is 0.549. The molecular weight excluding hydrogens is 238 g/mol. The first-order valence-electron chi connectivity index (χ1n) is 5.62. The van der Waals surface area contributed by atoms with Crippen molar-refractivity contribution >= 4 is 10.0 Å². The van der Waals surface area contributed by atoms with Crippen molar-refractivity contribution in [2.24, 2.45) is 5.73 Å². The number of sulfonamides is 1. The molecule has 0 aromatic carbocycles. The highest BCUT2D eigenvalue weighted by Crippen LogP contribution is 2.01. The van der Waals surface area contributed by atoms with Crippen LogP contribution in [0.3, 0.4) is 0 Å². The lowest BCUT2D eigenvalue weighted by Gasteiger charge is -2.12. The van der Waals surface area contributed by atoms with Gasteiger partial charge in [0.1, 0.15) is 0 Å². The Morgan fingerprint density at radius 1 is 1.41 bits per heavy atom. The lowest BCUT2D eigenvalue weighted by atomic mass is 10.2. The largest absolute Gasteiger partial charge is 0.330 e. The van der Waals surface area contributed by atoms with E-state index in [1.165, 1.54) is 0 Å². The van der Waals surface area contributed by atoms with Crippen molar-refractivity contribution in [1.29, 1.82) is 0 Å².